The SMILES string of the molecule is CC(=O)N(CC(=O)Nc1ccc(Cl)cc1C)c1cccc(Br)c1. The van der Waals surface area contributed by atoms with Crippen molar-refractivity contribution in [3.05, 3.63) is 57.5 Å². The number of halogens is 2. The van der Waals surface area contributed by atoms with E-state index in [2.05, 4.69) is 21.2 Å². The number of anilines is 2. The van der Waals surface area contributed by atoms with Gasteiger partial charge in [-0.25, -0.2) is 0 Å². The van der Waals surface area contributed by atoms with Gasteiger partial charge in [0.05, 0.1) is 0 Å². The highest BCUT2D eigenvalue weighted by Crippen LogP contribution is 2.22. The summed E-state index contributed by atoms with van der Waals surface area (Å²) in [7, 11) is 0. The van der Waals surface area contributed by atoms with Crippen LogP contribution >= 0.6 is 27.5 Å². The summed E-state index contributed by atoms with van der Waals surface area (Å²) in [5.74, 6) is -0.475. The smallest absolute Gasteiger partial charge is 0.244 e. The van der Waals surface area contributed by atoms with Crippen molar-refractivity contribution in [1.29, 1.82) is 0 Å². The molecule has 2 amide bonds. The Morgan fingerprint density at radius 3 is 2.57 bits per heavy atom. The van der Waals surface area contributed by atoms with Crippen molar-refractivity contribution in [2.24, 2.45) is 0 Å². The minimum absolute atomic E-state index is 0.0617. The number of benzene rings is 2. The molecule has 0 unspecified atom stereocenters. The molecule has 0 aliphatic carbocycles. The van der Waals surface area contributed by atoms with Gasteiger partial charge in [0.2, 0.25) is 11.8 Å². The zero-order valence-corrected chi connectivity index (χ0v) is 15.1. The molecule has 0 heterocycles. The zero-order chi connectivity index (χ0) is 17.0. The number of carbonyl (C=O) groups is 2. The van der Waals surface area contributed by atoms with Gasteiger partial charge in [0, 0.05) is 27.8 Å². The molecule has 6 heteroatoms. The standard InChI is InChI=1S/C17H16BrClN2O2/c1-11-8-14(19)6-7-16(11)20-17(23)10-21(12(2)22)15-5-3-4-13(18)9-15/h3-9H,10H2,1-2H3,(H,20,23). The number of amides is 2. The second-order valence-electron chi connectivity index (χ2n) is 5.09. The van der Waals surface area contributed by atoms with E-state index in [0.717, 1.165) is 10.0 Å². The molecule has 4 nitrogen and oxygen atoms in total. The van der Waals surface area contributed by atoms with E-state index >= 15 is 0 Å². The van der Waals surface area contributed by atoms with Crippen LogP contribution in [-0.4, -0.2) is 18.4 Å². The van der Waals surface area contributed by atoms with Crippen molar-refractivity contribution >= 4 is 50.7 Å². The van der Waals surface area contributed by atoms with E-state index in [0.29, 0.717) is 16.4 Å². The van der Waals surface area contributed by atoms with Crippen LogP contribution in [0.5, 0.6) is 0 Å². The van der Waals surface area contributed by atoms with Crippen molar-refractivity contribution in [2.45, 2.75) is 13.8 Å². The maximum Gasteiger partial charge on any atom is 0.244 e. The van der Waals surface area contributed by atoms with Gasteiger partial charge in [0.15, 0.2) is 0 Å². The molecule has 0 saturated heterocycles. The Labute approximate surface area is 148 Å². The summed E-state index contributed by atoms with van der Waals surface area (Å²) in [5.41, 5.74) is 2.20. The minimum Gasteiger partial charge on any atom is -0.324 e. The highest BCUT2D eigenvalue weighted by molar-refractivity contribution is 9.10. The van der Waals surface area contributed by atoms with Crippen LogP contribution in [0.1, 0.15) is 12.5 Å². The molecule has 0 spiro atoms. The average Bonchev–Trinajstić information content (AvgIpc) is 2.47. The van der Waals surface area contributed by atoms with Gasteiger partial charge >= 0.3 is 0 Å². The molecule has 23 heavy (non-hydrogen) atoms. The second kappa shape index (κ2) is 7.62. The summed E-state index contributed by atoms with van der Waals surface area (Å²) < 4.78 is 0.843. The molecule has 120 valence electrons. The number of nitrogens with one attached hydrogen (secondary N) is 1. The second-order valence-corrected chi connectivity index (χ2v) is 6.44. The molecular formula is C17H16BrClN2O2. The Hall–Kier alpha value is -1.85. The lowest BCUT2D eigenvalue weighted by atomic mass is 10.2. The fourth-order valence-electron chi connectivity index (χ4n) is 2.13. The summed E-state index contributed by atoms with van der Waals surface area (Å²) in [6, 6.07) is 12.5. The first-order valence-electron chi connectivity index (χ1n) is 6.96. The van der Waals surface area contributed by atoms with Gasteiger partial charge < -0.3 is 10.2 Å². The van der Waals surface area contributed by atoms with E-state index in [1.807, 2.05) is 19.1 Å². The first kappa shape index (κ1) is 17.5. The van der Waals surface area contributed by atoms with E-state index in [4.69, 9.17) is 11.6 Å². The van der Waals surface area contributed by atoms with Crippen LogP contribution < -0.4 is 10.2 Å². The van der Waals surface area contributed by atoms with E-state index in [9.17, 15) is 9.59 Å². The summed E-state index contributed by atoms with van der Waals surface area (Å²) in [6.45, 7) is 3.23. The fraction of sp³-hybridized carbons (Fsp3) is 0.176. The van der Waals surface area contributed by atoms with Crippen molar-refractivity contribution in [2.75, 3.05) is 16.8 Å². The van der Waals surface area contributed by atoms with E-state index < -0.39 is 0 Å². The van der Waals surface area contributed by atoms with E-state index in [-0.39, 0.29) is 18.4 Å². The third-order valence-corrected chi connectivity index (χ3v) is 3.99. The topological polar surface area (TPSA) is 49.4 Å². The molecular weight excluding hydrogens is 380 g/mol. The predicted molar refractivity (Wildman–Crippen MR) is 97.0 cm³/mol. The van der Waals surface area contributed by atoms with Crippen LogP contribution in [0.15, 0.2) is 46.9 Å². The Morgan fingerprint density at radius 2 is 1.96 bits per heavy atom. The number of rotatable bonds is 4. The average molecular weight is 396 g/mol. The summed E-state index contributed by atoms with van der Waals surface area (Å²) >= 11 is 9.27. The highest BCUT2D eigenvalue weighted by atomic mass is 79.9. The Balaban J connectivity index is 2.14. The maximum absolute atomic E-state index is 12.3. The van der Waals surface area contributed by atoms with Gasteiger partial charge in [0.1, 0.15) is 6.54 Å². The first-order valence-corrected chi connectivity index (χ1v) is 8.13. The molecule has 1 N–H and O–H groups in total. The molecule has 0 saturated carbocycles. The first-order chi connectivity index (χ1) is 10.9. The van der Waals surface area contributed by atoms with Crippen LogP contribution in [0.25, 0.3) is 0 Å². The number of carbonyl (C=O) groups excluding carboxylic acids is 2. The van der Waals surface area contributed by atoms with E-state index in [1.54, 1.807) is 30.3 Å². The van der Waals surface area contributed by atoms with Crippen molar-refractivity contribution in [1.82, 2.24) is 0 Å². The van der Waals surface area contributed by atoms with Crippen LogP contribution in [0, 0.1) is 6.92 Å². The van der Waals surface area contributed by atoms with Crippen LogP contribution in [0.4, 0.5) is 11.4 Å². The number of hydrogen-bond donors (Lipinski definition) is 1. The van der Waals surface area contributed by atoms with Gasteiger partial charge in [-0.2, -0.15) is 0 Å². The van der Waals surface area contributed by atoms with Crippen molar-refractivity contribution in [3.63, 3.8) is 0 Å². The zero-order valence-electron chi connectivity index (χ0n) is 12.8. The monoisotopic (exact) mass is 394 g/mol. The molecule has 0 aliphatic rings. The Kier molecular flexibility index (Phi) is 5.80. The number of nitrogens with zero attached hydrogens (tertiary/aromatic N) is 1. The van der Waals surface area contributed by atoms with Gasteiger partial charge in [0.25, 0.3) is 0 Å². The number of aryl methyl sites for hydroxylation is 1. The highest BCUT2D eigenvalue weighted by Gasteiger charge is 2.16. The molecule has 2 aromatic rings. The lowest BCUT2D eigenvalue weighted by Gasteiger charge is -2.21. The van der Waals surface area contributed by atoms with Crippen molar-refractivity contribution in [3.8, 4) is 0 Å². The Bertz CT molecular complexity index is 749. The van der Waals surface area contributed by atoms with Gasteiger partial charge in [-0.1, -0.05) is 33.6 Å². The molecule has 0 radical (unpaired) electrons. The minimum atomic E-state index is -0.273. The quantitative estimate of drug-likeness (QED) is 0.834. The predicted octanol–water partition coefficient (Wildman–Crippen LogP) is 4.40. The largest absolute Gasteiger partial charge is 0.324 e. The molecule has 0 aromatic heterocycles. The normalized spacial score (nSPS) is 10.3. The Morgan fingerprint density at radius 1 is 1.22 bits per heavy atom. The molecule has 0 bridgehead atoms. The van der Waals surface area contributed by atoms with Crippen LogP contribution in [0.3, 0.4) is 0 Å². The van der Waals surface area contributed by atoms with Crippen LogP contribution in [-0.2, 0) is 9.59 Å². The number of hydrogen-bond acceptors (Lipinski definition) is 2. The van der Waals surface area contributed by atoms with Gasteiger partial charge in [-0.3, -0.25) is 9.59 Å². The summed E-state index contributed by atoms with van der Waals surface area (Å²) in [6.07, 6.45) is 0. The third-order valence-electron chi connectivity index (χ3n) is 3.26. The molecule has 0 atom stereocenters. The molecule has 2 aromatic carbocycles. The molecule has 2 rings (SSSR count). The summed E-state index contributed by atoms with van der Waals surface area (Å²) in [5, 5.41) is 3.42. The van der Waals surface area contributed by atoms with E-state index in [1.165, 1.54) is 11.8 Å². The van der Waals surface area contributed by atoms with Gasteiger partial charge in [-0.05, 0) is 48.9 Å². The lowest BCUT2D eigenvalue weighted by Crippen LogP contribution is -2.36. The summed E-state index contributed by atoms with van der Waals surface area (Å²) in [4.78, 5) is 25.6. The fourth-order valence-corrected chi connectivity index (χ4v) is 2.74. The third kappa shape index (κ3) is 4.81. The van der Waals surface area contributed by atoms with Gasteiger partial charge in [-0.15, -0.1) is 0 Å². The lowest BCUT2D eigenvalue weighted by molar-refractivity contribution is -0.120. The van der Waals surface area contributed by atoms with Crippen molar-refractivity contribution < 1.29 is 9.59 Å². The maximum atomic E-state index is 12.3. The molecule has 0 fully saturated rings. The molecule has 0 aliphatic heterocycles. The van der Waals surface area contributed by atoms with Crippen LogP contribution in [0.2, 0.25) is 5.02 Å².